The fourth-order valence-electron chi connectivity index (χ4n) is 1.36. The van der Waals surface area contributed by atoms with Gasteiger partial charge in [-0.1, -0.05) is 31.9 Å². The molecule has 2 aromatic rings. The number of nitrogens with zero attached hydrogens (tertiary/aromatic N) is 2. The molecule has 0 atom stereocenters. The van der Waals surface area contributed by atoms with Gasteiger partial charge < -0.3 is 4.74 Å². The Kier molecular flexibility index (Phi) is 4.54. The first-order chi connectivity index (χ1) is 9.08. The van der Waals surface area contributed by atoms with Gasteiger partial charge >= 0.3 is 6.01 Å². The Hall–Kier alpha value is -1.41. The number of nitrogens with one attached hydrogen (secondary N) is 2. The topological polar surface area (TPSA) is 79.9 Å². The maximum Gasteiger partial charge on any atom is 0.337 e. The van der Waals surface area contributed by atoms with E-state index in [0.717, 1.165) is 8.95 Å². The number of benzene rings is 1. The average Bonchev–Trinajstić information content (AvgIpc) is 2.76. The van der Waals surface area contributed by atoms with Crippen molar-refractivity contribution in [2.24, 2.45) is 0 Å². The van der Waals surface area contributed by atoms with Crippen LogP contribution in [0, 0.1) is 0 Å². The molecular formula is C11H10Br2N4O2. The molecule has 0 saturated carbocycles. The van der Waals surface area contributed by atoms with E-state index >= 15 is 0 Å². The molecule has 0 radical (unpaired) electrons. The van der Waals surface area contributed by atoms with E-state index in [1.807, 2.05) is 13.0 Å². The molecule has 8 heteroatoms. The van der Waals surface area contributed by atoms with E-state index in [1.165, 1.54) is 0 Å². The highest BCUT2D eigenvalue weighted by Gasteiger charge is 2.11. The second kappa shape index (κ2) is 6.16. The van der Waals surface area contributed by atoms with Gasteiger partial charge in [0.2, 0.25) is 5.95 Å². The zero-order valence-corrected chi connectivity index (χ0v) is 13.1. The Balaban J connectivity index is 2.11. The SMILES string of the molecule is CCOc1n[nH]c(NC(=O)c2cc(Br)cc(Br)c2)n1. The minimum Gasteiger partial charge on any atom is -0.463 e. The predicted molar refractivity (Wildman–Crippen MR) is 77.3 cm³/mol. The molecule has 0 aliphatic carbocycles. The molecule has 100 valence electrons. The zero-order chi connectivity index (χ0) is 13.8. The van der Waals surface area contributed by atoms with Crippen LogP contribution in [0.2, 0.25) is 0 Å². The van der Waals surface area contributed by atoms with Gasteiger partial charge in [-0.3, -0.25) is 10.1 Å². The third kappa shape index (κ3) is 3.77. The van der Waals surface area contributed by atoms with Crippen molar-refractivity contribution in [3.8, 4) is 6.01 Å². The number of ether oxygens (including phenoxy) is 1. The largest absolute Gasteiger partial charge is 0.463 e. The Morgan fingerprint density at radius 3 is 2.68 bits per heavy atom. The van der Waals surface area contributed by atoms with Crippen LogP contribution in [0.5, 0.6) is 6.01 Å². The summed E-state index contributed by atoms with van der Waals surface area (Å²) in [4.78, 5) is 16.0. The highest BCUT2D eigenvalue weighted by molar-refractivity contribution is 9.11. The maximum atomic E-state index is 12.0. The summed E-state index contributed by atoms with van der Waals surface area (Å²) in [5, 5.41) is 8.98. The first kappa shape index (κ1) is 14.0. The van der Waals surface area contributed by atoms with Gasteiger partial charge in [0, 0.05) is 14.5 Å². The summed E-state index contributed by atoms with van der Waals surface area (Å²) < 4.78 is 6.70. The lowest BCUT2D eigenvalue weighted by molar-refractivity contribution is 0.102. The number of rotatable bonds is 4. The van der Waals surface area contributed by atoms with Gasteiger partial charge in [-0.05, 0) is 25.1 Å². The van der Waals surface area contributed by atoms with Gasteiger partial charge in [0.05, 0.1) is 6.61 Å². The standard InChI is InChI=1S/C11H10Br2N4O2/c1-2-19-11-15-10(16-17-11)14-9(18)6-3-7(12)5-8(13)4-6/h3-5H,2H2,1H3,(H2,14,15,16,17,18). The van der Waals surface area contributed by atoms with Crippen molar-refractivity contribution < 1.29 is 9.53 Å². The average molecular weight is 390 g/mol. The van der Waals surface area contributed by atoms with Gasteiger partial charge in [-0.15, -0.1) is 5.10 Å². The number of H-pyrrole nitrogens is 1. The highest BCUT2D eigenvalue weighted by atomic mass is 79.9. The third-order valence-electron chi connectivity index (χ3n) is 2.10. The minimum atomic E-state index is -0.291. The monoisotopic (exact) mass is 388 g/mol. The Morgan fingerprint density at radius 1 is 1.37 bits per heavy atom. The smallest absolute Gasteiger partial charge is 0.337 e. The number of hydrogen-bond acceptors (Lipinski definition) is 4. The molecule has 1 aromatic carbocycles. The van der Waals surface area contributed by atoms with E-state index in [0.29, 0.717) is 12.2 Å². The van der Waals surface area contributed by atoms with Crippen LogP contribution < -0.4 is 10.1 Å². The van der Waals surface area contributed by atoms with Gasteiger partial charge in [-0.2, -0.15) is 4.98 Å². The van der Waals surface area contributed by atoms with E-state index in [9.17, 15) is 4.79 Å². The van der Waals surface area contributed by atoms with E-state index < -0.39 is 0 Å². The lowest BCUT2D eigenvalue weighted by Crippen LogP contribution is -2.13. The summed E-state index contributed by atoms with van der Waals surface area (Å²) in [6.45, 7) is 2.29. The molecule has 0 fully saturated rings. The molecule has 2 N–H and O–H groups in total. The molecule has 0 unspecified atom stereocenters. The van der Waals surface area contributed by atoms with E-state index in [2.05, 4.69) is 52.4 Å². The number of aromatic amines is 1. The second-order valence-corrected chi connectivity index (χ2v) is 5.34. The van der Waals surface area contributed by atoms with E-state index in [-0.39, 0.29) is 17.9 Å². The summed E-state index contributed by atoms with van der Waals surface area (Å²) in [7, 11) is 0. The summed E-state index contributed by atoms with van der Waals surface area (Å²) in [6.07, 6.45) is 0. The van der Waals surface area contributed by atoms with Crippen molar-refractivity contribution in [2.45, 2.75) is 6.92 Å². The molecule has 6 nitrogen and oxygen atoms in total. The lowest BCUT2D eigenvalue weighted by atomic mass is 10.2. The normalized spacial score (nSPS) is 10.3. The number of carbonyl (C=O) groups excluding carboxylic acids is 1. The Labute approximate surface area is 126 Å². The van der Waals surface area contributed by atoms with Gasteiger partial charge in [0.15, 0.2) is 0 Å². The number of hydrogen-bond donors (Lipinski definition) is 2. The van der Waals surface area contributed by atoms with Crippen molar-refractivity contribution >= 4 is 43.7 Å². The van der Waals surface area contributed by atoms with Crippen molar-refractivity contribution in [1.82, 2.24) is 15.2 Å². The summed E-state index contributed by atoms with van der Waals surface area (Å²) >= 11 is 6.65. The van der Waals surface area contributed by atoms with Crippen molar-refractivity contribution in [1.29, 1.82) is 0 Å². The fourth-order valence-corrected chi connectivity index (χ4v) is 2.65. The molecule has 19 heavy (non-hydrogen) atoms. The van der Waals surface area contributed by atoms with Crippen LogP contribution in [0.3, 0.4) is 0 Å². The van der Waals surface area contributed by atoms with Crippen LogP contribution >= 0.6 is 31.9 Å². The number of halogens is 2. The third-order valence-corrected chi connectivity index (χ3v) is 3.01. The molecule has 0 aliphatic rings. The molecular weight excluding hydrogens is 380 g/mol. The number of carbonyl (C=O) groups is 1. The maximum absolute atomic E-state index is 12.0. The highest BCUT2D eigenvalue weighted by Crippen LogP contribution is 2.20. The van der Waals surface area contributed by atoms with E-state index in [1.54, 1.807) is 12.1 Å². The van der Waals surface area contributed by atoms with Crippen molar-refractivity contribution in [3.63, 3.8) is 0 Å². The van der Waals surface area contributed by atoms with Crippen LogP contribution in [0.1, 0.15) is 17.3 Å². The molecule has 1 amide bonds. The molecule has 0 saturated heterocycles. The van der Waals surface area contributed by atoms with Crippen molar-refractivity contribution in [2.75, 3.05) is 11.9 Å². The van der Waals surface area contributed by atoms with Gasteiger partial charge in [-0.25, -0.2) is 5.10 Å². The molecule has 0 bridgehead atoms. The summed E-state index contributed by atoms with van der Waals surface area (Å²) in [6, 6.07) is 5.46. The van der Waals surface area contributed by atoms with Gasteiger partial charge in [0.25, 0.3) is 5.91 Å². The Morgan fingerprint density at radius 2 is 2.05 bits per heavy atom. The van der Waals surface area contributed by atoms with E-state index in [4.69, 9.17) is 4.74 Å². The lowest BCUT2D eigenvalue weighted by Gasteiger charge is -2.03. The first-order valence-electron chi connectivity index (χ1n) is 5.41. The van der Waals surface area contributed by atoms with Crippen LogP contribution in [0.25, 0.3) is 0 Å². The molecule has 1 aromatic heterocycles. The first-order valence-corrected chi connectivity index (χ1v) is 6.99. The predicted octanol–water partition coefficient (Wildman–Crippen LogP) is 2.98. The number of amides is 1. The van der Waals surface area contributed by atoms with Crippen LogP contribution in [0.15, 0.2) is 27.1 Å². The zero-order valence-electron chi connectivity index (χ0n) is 9.91. The van der Waals surface area contributed by atoms with Crippen LogP contribution in [0.4, 0.5) is 5.95 Å². The molecule has 2 rings (SSSR count). The number of aromatic nitrogens is 3. The molecule has 0 aliphatic heterocycles. The number of anilines is 1. The van der Waals surface area contributed by atoms with Crippen molar-refractivity contribution in [3.05, 3.63) is 32.7 Å². The molecule has 0 spiro atoms. The van der Waals surface area contributed by atoms with Gasteiger partial charge in [0.1, 0.15) is 0 Å². The van der Waals surface area contributed by atoms with Crippen LogP contribution in [-0.4, -0.2) is 27.7 Å². The summed E-state index contributed by atoms with van der Waals surface area (Å²) in [5.41, 5.74) is 0.496. The minimum absolute atomic E-state index is 0.202. The van der Waals surface area contributed by atoms with Crippen LogP contribution in [-0.2, 0) is 0 Å². The fraction of sp³-hybridized carbons (Fsp3) is 0.182. The second-order valence-electron chi connectivity index (χ2n) is 3.51. The molecule has 1 heterocycles. The Bertz CT molecular complexity index is 580. The summed E-state index contributed by atoms with van der Waals surface area (Å²) in [5.74, 6) is -0.0502. The quantitative estimate of drug-likeness (QED) is 0.842.